The number of quaternary nitrogens is 1. The Balaban J connectivity index is 4.30. The summed E-state index contributed by atoms with van der Waals surface area (Å²) >= 11 is 0. The Hall–Kier alpha value is -1.84. The highest BCUT2D eigenvalue weighted by Gasteiger charge is 2.29. The van der Waals surface area contributed by atoms with E-state index in [1.807, 2.05) is 21.1 Å². The lowest BCUT2D eigenvalue weighted by Crippen LogP contribution is -2.51. The average Bonchev–Trinajstić information content (AvgIpc) is 3.24. The van der Waals surface area contributed by atoms with Crippen LogP contribution in [0.3, 0.4) is 0 Å². The maximum Gasteiger partial charge on any atom is 0.268 e. The van der Waals surface area contributed by atoms with Crippen LogP contribution in [0.1, 0.15) is 213 Å². The number of hydrogen-bond donors (Lipinski definition) is 3. The standard InChI is InChI=1S/C53H99N2O7P/c1-6-8-10-12-14-16-18-20-21-22-23-24-25-26-27-28-29-30-31-32-33-34-36-38-40-42-44-46-52(57)54-50(49-62-63(59,60)61-48-47-55(3,4)5)53(58)51(56)45-43-41-39-37-35-19-17-15-13-11-9-7-2/h15,17-18,20,22-23,25-26,37,39,50-51,53,56,58H,6-14,16,19,21,24,27-36,38,40-49H2,1-5H3,(H-,54,57,59,60)/b17-15+,20-18-,23-22-,26-25-,39-37+. The molecule has 63 heavy (non-hydrogen) atoms. The number of phosphoric acid groups is 1. The van der Waals surface area contributed by atoms with Crippen LogP contribution >= 0.6 is 7.82 Å². The van der Waals surface area contributed by atoms with Crippen LogP contribution in [0.4, 0.5) is 0 Å². The molecule has 10 heteroatoms. The predicted molar refractivity (Wildman–Crippen MR) is 267 cm³/mol. The number of nitrogens with zero attached hydrogens (tertiary/aromatic N) is 1. The molecule has 0 aromatic heterocycles. The Bertz CT molecular complexity index is 1230. The summed E-state index contributed by atoms with van der Waals surface area (Å²) in [5.41, 5.74) is 0. The average molecular weight is 907 g/mol. The second kappa shape index (κ2) is 44.0. The largest absolute Gasteiger partial charge is 0.756 e. The van der Waals surface area contributed by atoms with Gasteiger partial charge in [0.15, 0.2) is 0 Å². The fourth-order valence-corrected chi connectivity index (χ4v) is 7.88. The Labute approximate surface area is 388 Å². The first kappa shape index (κ1) is 61.2. The molecule has 0 saturated carbocycles. The van der Waals surface area contributed by atoms with Crippen molar-refractivity contribution >= 4 is 13.7 Å². The highest BCUT2D eigenvalue weighted by molar-refractivity contribution is 7.45. The molecule has 0 aliphatic carbocycles. The molecule has 0 spiro atoms. The molecule has 368 valence electrons. The van der Waals surface area contributed by atoms with Crippen molar-refractivity contribution in [2.75, 3.05) is 40.9 Å². The fourth-order valence-electron chi connectivity index (χ4n) is 7.16. The third-order valence-corrected chi connectivity index (χ3v) is 12.3. The Morgan fingerprint density at radius 2 is 0.968 bits per heavy atom. The van der Waals surface area contributed by atoms with Crippen molar-refractivity contribution in [3.63, 3.8) is 0 Å². The van der Waals surface area contributed by atoms with Gasteiger partial charge in [-0.3, -0.25) is 9.36 Å². The van der Waals surface area contributed by atoms with Gasteiger partial charge in [0.1, 0.15) is 19.3 Å². The van der Waals surface area contributed by atoms with Crippen molar-refractivity contribution in [2.45, 2.75) is 231 Å². The number of phosphoric ester groups is 1. The lowest BCUT2D eigenvalue weighted by molar-refractivity contribution is -0.870. The maximum absolute atomic E-state index is 12.9. The van der Waals surface area contributed by atoms with Gasteiger partial charge < -0.3 is 34.0 Å². The number of unbranched alkanes of at least 4 members (excludes halogenated alkanes) is 22. The van der Waals surface area contributed by atoms with E-state index in [1.54, 1.807) is 0 Å². The van der Waals surface area contributed by atoms with Crippen LogP contribution in [0.5, 0.6) is 0 Å². The minimum absolute atomic E-state index is 0.0511. The van der Waals surface area contributed by atoms with E-state index in [0.29, 0.717) is 30.3 Å². The van der Waals surface area contributed by atoms with Gasteiger partial charge in [-0.15, -0.1) is 0 Å². The molecule has 0 aliphatic rings. The number of carbonyl (C=O) groups is 1. The molecule has 4 unspecified atom stereocenters. The summed E-state index contributed by atoms with van der Waals surface area (Å²) in [4.78, 5) is 25.4. The van der Waals surface area contributed by atoms with Gasteiger partial charge in [0, 0.05) is 6.42 Å². The predicted octanol–water partition coefficient (Wildman–Crippen LogP) is 13.3. The van der Waals surface area contributed by atoms with E-state index in [1.165, 1.54) is 116 Å². The van der Waals surface area contributed by atoms with Crippen LogP contribution < -0.4 is 10.2 Å². The molecule has 3 N–H and O–H groups in total. The van der Waals surface area contributed by atoms with Gasteiger partial charge >= 0.3 is 0 Å². The van der Waals surface area contributed by atoms with Crippen molar-refractivity contribution in [1.29, 1.82) is 0 Å². The molecule has 9 nitrogen and oxygen atoms in total. The van der Waals surface area contributed by atoms with Crippen LogP contribution in [-0.2, 0) is 18.4 Å². The number of amides is 1. The molecule has 0 bridgehead atoms. The third kappa shape index (κ3) is 45.1. The zero-order valence-electron chi connectivity index (χ0n) is 41.4. The van der Waals surface area contributed by atoms with Crippen LogP contribution in [0.15, 0.2) is 60.8 Å². The molecule has 0 saturated heterocycles. The first-order chi connectivity index (χ1) is 30.4. The zero-order chi connectivity index (χ0) is 46.5. The summed E-state index contributed by atoms with van der Waals surface area (Å²) in [6.07, 6.45) is 54.2. The summed E-state index contributed by atoms with van der Waals surface area (Å²) in [7, 11) is 1.09. The summed E-state index contributed by atoms with van der Waals surface area (Å²) in [6.45, 7) is 4.36. The van der Waals surface area contributed by atoms with E-state index in [0.717, 1.165) is 57.8 Å². The SMILES string of the molecule is CCCCC/C=C/CC/C=C/CCCC(O)C(O)C(COP(=O)([O-])OCC[N+](C)(C)C)NC(=O)CCCCCCCCCCCCCC/C=C\C/C=C\C/C=C\CCCCCCC. The first-order valence-corrected chi connectivity index (χ1v) is 27.2. The molecule has 0 aromatic rings. The fraction of sp³-hybridized carbons (Fsp3) is 0.792. The Morgan fingerprint density at radius 3 is 1.48 bits per heavy atom. The number of nitrogens with one attached hydrogen (secondary N) is 1. The van der Waals surface area contributed by atoms with E-state index in [9.17, 15) is 24.5 Å². The van der Waals surface area contributed by atoms with Gasteiger partial charge in [0.25, 0.3) is 7.82 Å². The summed E-state index contributed by atoms with van der Waals surface area (Å²) in [6, 6.07) is -1.10. The van der Waals surface area contributed by atoms with Gasteiger partial charge in [0.2, 0.25) is 5.91 Å². The topological polar surface area (TPSA) is 128 Å². The van der Waals surface area contributed by atoms with E-state index in [4.69, 9.17) is 9.05 Å². The van der Waals surface area contributed by atoms with Crippen molar-refractivity contribution in [2.24, 2.45) is 0 Å². The third-order valence-electron chi connectivity index (χ3n) is 11.3. The summed E-state index contributed by atoms with van der Waals surface area (Å²) in [5, 5.41) is 24.6. The van der Waals surface area contributed by atoms with Crippen LogP contribution in [0.25, 0.3) is 0 Å². The second-order valence-corrected chi connectivity index (χ2v) is 20.0. The second-order valence-electron chi connectivity index (χ2n) is 18.6. The number of carbonyl (C=O) groups excluding carboxylic acids is 1. The molecular weight excluding hydrogens is 808 g/mol. The first-order valence-electron chi connectivity index (χ1n) is 25.7. The van der Waals surface area contributed by atoms with E-state index < -0.39 is 32.7 Å². The number of aliphatic hydroxyl groups is 2. The highest BCUT2D eigenvalue weighted by Crippen LogP contribution is 2.38. The molecule has 0 aromatic carbocycles. The van der Waals surface area contributed by atoms with Crippen LogP contribution in [-0.4, -0.2) is 79.8 Å². The lowest BCUT2D eigenvalue weighted by atomic mass is 10.0. The van der Waals surface area contributed by atoms with Crippen LogP contribution in [0.2, 0.25) is 0 Å². The van der Waals surface area contributed by atoms with Crippen molar-refractivity contribution in [3.05, 3.63) is 60.8 Å². The van der Waals surface area contributed by atoms with Crippen molar-refractivity contribution in [1.82, 2.24) is 5.32 Å². The number of allylic oxidation sites excluding steroid dienone is 10. The minimum atomic E-state index is -4.68. The molecule has 4 atom stereocenters. The Morgan fingerprint density at radius 1 is 0.571 bits per heavy atom. The quantitative estimate of drug-likeness (QED) is 0.0240. The normalized spacial score (nSPS) is 15.1. The van der Waals surface area contributed by atoms with E-state index in [-0.39, 0.29) is 18.9 Å². The Kier molecular flexibility index (Phi) is 42.7. The van der Waals surface area contributed by atoms with Gasteiger partial charge in [0.05, 0.1) is 39.9 Å². The molecule has 0 radical (unpaired) electrons. The minimum Gasteiger partial charge on any atom is -0.756 e. The van der Waals surface area contributed by atoms with Gasteiger partial charge in [-0.1, -0.05) is 177 Å². The number of hydrogen-bond acceptors (Lipinski definition) is 7. The molecule has 0 heterocycles. The molecule has 0 rings (SSSR count). The van der Waals surface area contributed by atoms with E-state index >= 15 is 0 Å². The maximum atomic E-state index is 12.9. The smallest absolute Gasteiger partial charge is 0.268 e. The summed E-state index contributed by atoms with van der Waals surface area (Å²) < 4.78 is 23.2. The lowest BCUT2D eigenvalue weighted by Gasteiger charge is -2.31. The monoisotopic (exact) mass is 907 g/mol. The van der Waals surface area contributed by atoms with Crippen LogP contribution in [0, 0.1) is 0 Å². The number of likely N-dealkylation sites (N-methyl/N-ethyl adjacent to an activating group) is 1. The van der Waals surface area contributed by atoms with Crippen molar-refractivity contribution < 1.29 is 38.0 Å². The van der Waals surface area contributed by atoms with Gasteiger partial charge in [-0.05, 0) is 89.9 Å². The van der Waals surface area contributed by atoms with E-state index in [2.05, 4.69) is 79.9 Å². The molecule has 0 fully saturated rings. The summed E-state index contributed by atoms with van der Waals surface area (Å²) in [5.74, 6) is -0.297. The molecular formula is C53H99N2O7P. The number of aliphatic hydroxyl groups excluding tert-OH is 2. The zero-order valence-corrected chi connectivity index (χ0v) is 42.3. The van der Waals surface area contributed by atoms with Crippen molar-refractivity contribution in [3.8, 4) is 0 Å². The number of rotatable bonds is 46. The van der Waals surface area contributed by atoms with Gasteiger partial charge in [-0.25, -0.2) is 0 Å². The highest BCUT2D eigenvalue weighted by atomic mass is 31.2. The molecule has 1 amide bonds. The van der Waals surface area contributed by atoms with Gasteiger partial charge in [-0.2, -0.15) is 0 Å². The molecule has 0 aliphatic heterocycles.